The molecule has 0 spiro atoms. The van der Waals surface area contributed by atoms with Crippen molar-refractivity contribution in [3.8, 4) is 0 Å². The molecule has 3 aromatic rings. The van der Waals surface area contributed by atoms with Gasteiger partial charge in [0.2, 0.25) is 5.91 Å². The minimum atomic E-state index is -0.607. The van der Waals surface area contributed by atoms with Crippen molar-refractivity contribution in [1.29, 1.82) is 0 Å². The zero-order valence-electron chi connectivity index (χ0n) is 28.5. The summed E-state index contributed by atoms with van der Waals surface area (Å²) in [6.07, 6.45) is 8.26. The number of rotatable bonds is 6. The van der Waals surface area contributed by atoms with E-state index in [0.29, 0.717) is 44.2 Å². The summed E-state index contributed by atoms with van der Waals surface area (Å²) >= 11 is 0. The number of para-hydroxylation sites is 2. The first-order valence-electron chi connectivity index (χ1n) is 17.8. The predicted molar refractivity (Wildman–Crippen MR) is 181 cm³/mol. The highest BCUT2D eigenvalue weighted by atomic mass is 19.1. The Morgan fingerprint density at radius 3 is 2.38 bits per heavy atom. The number of halogens is 1. The molecule has 4 fully saturated rings. The summed E-state index contributed by atoms with van der Waals surface area (Å²) in [5.41, 5.74) is 2.55. The van der Waals surface area contributed by atoms with Gasteiger partial charge in [0.15, 0.2) is 0 Å². The van der Waals surface area contributed by atoms with Gasteiger partial charge in [0.05, 0.1) is 11.0 Å². The highest BCUT2D eigenvalue weighted by Gasteiger charge is 2.46. The number of likely N-dealkylation sites (tertiary alicyclic amines) is 2. The van der Waals surface area contributed by atoms with E-state index in [1.807, 2.05) is 31.7 Å². The number of amides is 2. The zero-order chi connectivity index (χ0) is 32.9. The van der Waals surface area contributed by atoms with Gasteiger partial charge in [0.25, 0.3) is 0 Å². The summed E-state index contributed by atoms with van der Waals surface area (Å²) in [7, 11) is 0. The second-order valence-corrected chi connectivity index (χ2v) is 15.5. The van der Waals surface area contributed by atoms with E-state index in [0.717, 1.165) is 62.0 Å². The molecule has 0 saturated carbocycles. The lowest BCUT2D eigenvalue weighted by Gasteiger charge is -2.46. The number of aromatic nitrogens is 2. The standard InChI is InChI=1S/C38H50FN5O3/c1-26-40-32-11-5-6-12-33(32)44(26)31-24-29-14-15-30(25-31)42(29)22-18-38(27-9-7-10-28(39)23-27)16-20-41(21-17-38)35(45)34-13-8-19-43(34)36(46)47-37(2,3)4/h5-7,9-12,23,29-31,34H,8,13-22,24-25H2,1-4H3/t29-,30+,31+,34-/m0/s1. The average Bonchev–Trinajstić information content (AvgIpc) is 3.72. The van der Waals surface area contributed by atoms with Crippen LogP contribution in [0.15, 0.2) is 48.5 Å². The number of hydrogen-bond donors (Lipinski definition) is 0. The highest BCUT2D eigenvalue weighted by molar-refractivity contribution is 5.86. The molecule has 4 saturated heterocycles. The van der Waals surface area contributed by atoms with Crippen LogP contribution in [0.4, 0.5) is 9.18 Å². The predicted octanol–water partition coefficient (Wildman–Crippen LogP) is 7.00. The van der Waals surface area contributed by atoms with Crippen molar-refractivity contribution >= 4 is 23.0 Å². The Morgan fingerprint density at radius 2 is 1.68 bits per heavy atom. The van der Waals surface area contributed by atoms with Crippen LogP contribution in [-0.4, -0.2) is 86.2 Å². The van der Waals surface area contributed by atoms with Gasteiger partial charge in [-0.05, 0) is 127 Å². The maximum Gasteiger partial charge on any atom is 0.410 e. The Balaban J connectivity index is 1.04. The van der Waals surface area contributed by atoms with E-state index in [-0.39, 0.29) is 17.1 Å². The largest absolute Gasteiger partial charge is 0.444 e. The summed E-state index contributed by atoms with van der Waals surface area (Å²) in [6, 6.07) is 16.7. The molecule has 9 heteroatoms. The number of carbonyl (C=O) groups is 2. The van der Waals surface area contributed by atoms with Crippen LogP contribution < -0.4 is 0 Å². The van der Waals surface area contributed by atoms with E-state index in [2.05, 4.69) is 46.7 Å². The van der Waals surface area contributed by atoms with Crippen LogP contribution in [0, 0.1) is 12.7 Å². The quantitative estimate of drug-likeness (QED) is 0.289. The second kappa shape index (κ2) is 12.5. The lowest BCUT2D eigenvalue weighted by atomic mass is 9.70. The molecular formula is C38H50FN5O3. The number of fused-ring (bicyclic) bond motifs is 3. The highest BCUT2D eigenvalue weighted by Crippen LogP contribution is 2.45. The van der Waals surface area contributed by atoms with E-state index in [4.69, 9.17) is 9.72 Å². The Hall–Kier alpha value is -3.46. The SMILES string of the molecule is Cc1nc2ccccc2n1[C@H]1C[C@H]2CC[C@@H](C1)N2CCC1(c2cccc(F)c2)CCN(C(=O)[C@@H]2CCCN2C(=O)OC(C)(C)C)CC1. The van der Waals surface area contributed by atoms with Gasteiger partial charge in [0, 0.05) is 37.8 Å². The van der Waals surface area contributed by atoms with E-state index in [1.54, 1.807) is 11.0 Å². The fourth-order valence-corrected chi connectivity index (χ4v) is 9.22. The number of ether oxygens (including phenoxy) is 1. The van der Waals surface area contributed by atoms with Gasteiger partial charge in [-0.1, -0.05) is 24.3 Å². The van der Waals surface area contributed by atoms with Crippen LogP contribution in [0.25, 0.3) is 11.0 Å². The maximum atomic E-state index is 14.7. The van der Waals surface area contributed by atoms with Crippen LogP contribution in [0.5, 0.6) is 0 Å². The Kier molecular flexibility index (Phi) is 8.56. The Labute approximate surface area is 278 Å². The molecule has 4 aliphatic heterocycles. The van der Waals surface area contributed by atoms with Crippen molar-refractivity contribution in [1.82, 2.24) is 24.3 Å². The van der Waals surface area contributed by atoms with Crippen molar-refractivity contribution in [3.05, 3.63) is 65.7 Å². The van der Waals surface area contributed by atoms with E-state index < -0.39 is 17.7 Å². The molecule has 0 unspecified atom stereocenters. The van der Waals surface area contributed by atoms with Crippen molar-refractivity contribution < 1.29 is 18.7 Å². The lowest BCUT2D eigenvalue weighted by Crippen LogP contribution is -2.53. The lowest BCUT2D eigenvalue weighted by molar-refractivity contribution is -0.137. The van der Waals surface area contributed by atoms with E-state index in [9.17, 15) is 14.0 Å². The van der Waals surface area contributed by atoms with Crippen LogP contribution >= 0.6 is 0 Å². The first kappa shape index (κ1) is 32.1. The monoisotopic (exact) mass is 643 g/mol. The maximum absolute atomic E-state index is 14.7. The number of imidazole rings is 1. The van der Waals surface area contributed by atoms with Crippen LogP contribution in [-0.2, 0) is 14.9 Å². The molecule has 0 radical (unpaired) electrons. The number of carbonyl (C=O) groups excluding carboxylic acids is 2. The number of aryl methyl sites for hydroxylation is 1. The number of hydrogen-bond acceptors (Lipinski definition) is 5. The van der Waals surface area contributed by atoms with Crippen LogP contribution in [0.2, 0.25) is 0 Å². The van der Waals surface area contributed by atoms with Gasteiger partial charge in [-0.15, -0.1) is 0 Å². The summed E-state index contributed by atoms with van der Waals surface area (Å²) in [4.78, 5) is 37.9. The molecule has 252 valence electrons. The minimum Gasteiger partial charge on any atom is -0.444 e. The third kappa shape index (κ3) is 6.28. The molecule has 0 N–H and O–H groups in total. The molecule has 2 aromatic carbocycles. The third-order valence-electron chi connectivity index (χ3n) is 11.5. The van der Waals surface area contributed by atoms with Gasteiger partial charge in [-0.2, -0.15) is 0 Å². The molecule has 4 atom stereocenters. The fraction of sp³-hybridized carbons (Fsp3) is 0.605. The van der Waals surface area contributed by atoms with Gasteiger partial charge in [-0.3, -0.25) is 14.6 Å². The summed E-state index contributed by atoms with van der Waals surface area (Å²) in [6.45, 7) is 10.4. The number of benzene rings is 2. The zero-order valence-corrected chi connectivity index (χ0v) is 28.5. The average molecular weight is 644 g/mol. The first-order chi connectivity index (χ1) is 22.5. The van der Waals surface area contributed by atoms with Crippen molar-refractivity contribution in [3.63, 3.8) is 0 Å². The molecule has 0 aliphatic carbocycles. The summed E-state index contributed by atoms with van der Waals surface area (Å²) in [5, 5.41) is 0. The van der Waals surface area contributed by atoms with Crippen LogP contribution in [0.3, 0.4) is 0 Å². The Bertz CT molecular complexity index is 1610. The number of nitrogens with zero attached hydrogens (tertiary/aromatic N) is 5. The van der Waals surface area contributed by atoms with Crippen LogP contribution in [0.1, 0.15) is 96.0 Å². The molecule has 8 nitrogen and oxygen atoms in total. The molecule has 2 amide bonds. The second-order valence-electron chi connectivity index (χ2n) is 15.5. The summed E-state index contributed by atoms with van der Waals surface area (Å²) in [5.74, 6) is 0.911. The fourth-order valence-electron chi connectivity index (χ4n) is 9.22. The Morgan fingerprint density at radius 1 is 0.957 bits per heavy atom. The molecule has 1 aromatic heterocycles. The minimum absolute atomic E-state index is 0.0173. The molecule has 7 rings (SSSR count). The normalized spacial score (nSPS) is 26.2. The molecule has 5 heterocycles. The van der Waals surface area contributed by atoms with Gasteiger partial charge >= 0.3 is 6.09 Å². The van der Waals surface area contributed by atoms with Crippen molar-refractivity contribution in [2.24, 2.45) is 0 Å². The summed E-state index contributed by atoms with van der Waals surface area (Å²) < 4.78 is 22.8. The van der Waals surface area contributed by atoms with Gasteiger partial charge < -0.3 is 14.2 Å². The third-order valence-corrected chi connectivity index (χ3v) is 11.5. The molecule has 2 bridgehead atoms. The molecule has 4 aliphatic rings. The topological polar surface area (TPSA) is 70.9 Å². The number of piperidine rings is 2. The van der Waals surface area contributed by atoms with Gasteiger partial charge in [-0.25, -0.2) is 14.2 Å². The van der Waals surface area contributed by atoms with Gasteiger partial charge in [0.1, 0.15) is 23.3 Å². The molecular weight excluding hydrogens is 593 g/mol. The smallest absolute Gasteiger partial charge is 0.410 e. The van der Waals surface area contributed by atoms with E-state index >= 15 is 0 Å². The first-order valence-corrected chi connectivity index (χ1v) is 17.8. The van der Waals surface area contributed by atoms with E-state index in [1.165, 1.54) is 24.4 Å². The molecule has 47 heavy (non-hydrogen) atoms. The van der Waals surface area contributed by atoms with Crippen molar-refractivity contribution in [2.45, 2.75) is 121 Å². The van der Waals surface area contributed by atoms with Crippen molar-refractivity contribution in [2.75, 3.05) is 26.2 Å².